The Hall–Kier alpha value is -3.80. The van der Waals surface area contributed by atoms with E-state index >= 15 is 0 Å². The highest BCUT2D eigenvalue weighted by molar-refractivity contribution is 5.98. The van der Waals surface area contributed by atoms with Gasteiger partial charge >= 0.3 is 0 Å². The molecule has 0 radical (unpaired) electrons. The molecule has 0 bridgehead atoms. The molecule has 0 amide bonds. The van der Waals surface area contributed by atoms with Gasteiger partial charge in [-0.2, -0.15) is 0 Å². The fraction of sp³-hybridized carbons (Fsp3) is 0.250. The number of carbonyl (C=O) groups is 1. The zero-order valence-corrected chi connectivity index (χ0v) is 17.8. The minimum Gasteiger partial charge on any atom is -0.378 e. The number of hydrogen-bond acceptors (Lipinski definition) is 7. The lowest BCUT2D eigenvalue weighted by molar-refractivity contribution is 0.100. The van der Waals surface area contributed by atoms with Crippen LogP contribution in [0, 0.1) is 13.5 Å². The molecule has 2 heterocycles. The van der Waals surface area contributed by atoms with Crippen molar-refractivity contribution in [3.05, 3.63) is 71.3 Å². The van der Waals surface area contributed by atoms with Crippen molar-refractivity contribution in [2.75, 3.05) is 43.1 Å². The van der Waals surface area contributed by atoms with Gasteiger partial charge in [-0.3, -0.25) is 4.79 Å². The summed E-state index contributed by atoms with van der Waals surface area (Å²) in [5.41, 5.74) is 9.12. The summed E-state index contributed by atoms with van der Waals surface area (Å²) >= 11 is 0. The molecular formula is C24H24N6O2. The van der Waals surface area contributed by atoms with Crippen LogP contribution in [0.5, 0.6) is 0 Å². The average molecular weight is 428 g/mol. The Kier molecular flexibility index (Phi) is 6.40. The maximum Gasteiger partial charge on any atom is 0.189 e. The Labute approximate surface area is 186 Å². The number of rotatable bonds is 6. The quantitative estimate of drug-likeness (QED) is 0.456. The molecule has 32 heavy (non-hydrogen) atoms. The Morgan fingerprint density at radius 1 is 1.16 bits per heavy atom. The lowest BCUT2D eigenvalue weighted by atomic mass is 10.0. The number of morpholine rings is 1. The van der Waals surface area contributed by atoms with Crippen LogP contribution in [-0.2, 0) is 4.74 Å². The van der Waals surface area contributed by atoms with Crippen LogP contribution in [0.4, 0.5) is 23.0 Å². The predicted molar refractivity (Wildman–Crippen MR) is 125 cm³/mol. The van der Waals surface area contributed by atoms with Gasteiger partial charge in [0.25, 0.3) is 0 Å². The molecule has 1 saturated heterocycles. The minimum absolute atomic E-state index is 0.0234. The molecule has 0 atom stereocenters. The standard InChI is InChI=1S/C24H24N6O2/c1-16-27-23(14-24(28-16)30-9-11-32-12-10-30)29-21-13-19(26-2)7-8-20(21)17-3-5-18(6-4-17)22(31)15-25/h3-8,13-14H,9-12,15,25H2,1H3,(H,27,28,29). The molecule has 4 rings (SSSR count). The third-order valence-corrected chi connectivity index (χ3v) is 5.26. The lowest BCUT2D eigenvalue weighted by Crippen LogP contribution is -2.36. The molecule has 1 aliphatic rings. The van der Waals surface area contributed by atoms with Gasteiger partial charge in [0.05, 0.1) is 26.3 Å². The third-order valence-electron chi connectivity index (χ3n) is 5.26. The number of nitrogens with zero attached hydrogens (tertiary/aromatic N) is 4. The zero-order valence-electron chi connectivity index (χ0n) is 17.8. The summed E-state index contributed by atoms with van der Waals surface area (Å²) in [6.45, 7) is 12.1. The van der Waals surface area contributed by atoms with Crippen LogP contribution in [-0.4, -0.2) is 48.6 Å². The Morgan fingerprint density at radius 3 is 2.59 bits per heavy atom. The van der Waals surface area contributed by atoms with Gasteiger partial charge in [0, 0.05) is 36.0 Å². The number of aromatic nitrogens is 2. The number of ether oxygens (including phenoxy) is 1. The molecule has 8 nitrogen and oxygen atoms in total. The molecule has 162 valence electrons. The van der Waals surface area contributed by atoms with E-state index in [2.05, 4.69) is 25.0 Å². The van der Waals surface area contributed by atoms with Crippen molar-refractivity contribution in [1.29, 1.82) is 0 Å². The van der Waals surface area contributed by atoms with Crippen LogP contribution in [0.25, 0.3) is 16.0 Å². The molecule has 3 N–H and O–H groups in total. The summed E-state index contributed by atoms with van der Waals surface area (Å²) in [6.07, 6.45) is 0. The number of aryl methyl sites for hydroxylation is 1. The second-order valence-electron chi connectivity index (χ2n) is 7.43. The first-order chi connectivity index (χ1) is 15.6. The van der Waals surface area contributed by atoms with E-state index in [1.807, 2.05) is 31.2 Å². The average Bonchev–Trinajstić information content (AvgIpc) is 2.84. The Bertz CT molecular complexity index is 1160. The van der Waals surface area contributed by atoms with Gasteiger partial charge in [-0.05, 0) is 18.6 Å². The molecule has 0 aliphatic carbocycles. The topological polar surface area (TPSA) is 97.7 Å². The summed E-state index contributed by atoms with van der Waals surface area (Å²) in [7, 11) is 0. The second-order valence-corrected chi connectivity index (χ2v) is 7.43. The number of benzene rings is 2. The number of carbonyl (C=O) groups excluding carboxylic acids is 1. The van der Waals surface area contributed by atoms with Crippen LogP contribution in [0.1, 0.15) is 16.2 Å². The van der Waals surface area contributed by atoms with Gasteiger partial charge in [0.2, 0.25) is 0 Å². The number of hydrogen-bond donors (Lipinski definition) is 2. The summed E-state index contributed by atoms with van der Waals surface area (Å²) in [6, 6.07) is 14.7. The minimum atomic E-state index is -0.106. The Morgan fingerprint density at radius 2 is 1.91 bits per heavy atom. The normalized spacial score (nSPS) is 13.5. The molecule has 1 aliphatic heterocycles. The molecule has 0 saturated carbocycles. The molecule has 8 heteroatoms. The van der Waals surface area contributed by atoms with Crippen LogP contribution < -0.4 is 16.0 Å². The molecule has 1 fully saturated rings. The van der Waals surface area contributed by atoms with Crippen molar-refractivity contribution in [2.45, 2.75) is 6.92 Å². The van der Waals surface area contributed by atoms with Crippen molar-refractivity contribution >= 4 is 28.8 Å². The largest absolute Gasteiger partial charge is 0.378 e. The van der Waals surface area contributed by atoms with E-state index in [1.54, 1.807) is 24.3 Å². The van der Waals surface area contributed by atoms with Crippen LogP contribution in [0.2, 0.25) is 0 Å². The first-order valence-corrected chi connectivity index (χ1v) is 10.4. The van der Waals surface area contributed by atoms with E-state index in [1.165, 1.54) is 0 Å². The van der Waals surface area contributed by atoms with Gasteiger partial charge in [-0.25, -0.2) is 14.8 Å². The predicted octanol–water partition coefficient (Wildman–Crippen LogP) is 3.72. The van der Waals surface area contributed by atoms with Gasteiger partial charge in [-0.1, -0.05) is 36.4 Å². The zero-order chi connectivity index (χ0) is 22.5. The van der Waals surface area contributed by atoms with Crippen LogP contribution in [0.15, 0.2) is 48.5 Å². The van der Waals surface area contributed by atoms with E-state index in [9.17, 15) is 4.79 Å². The fourth-order valence-electron chi connectivity index (χ4n) is 3.62. The Balaban J connectivity index is 1.68. The SMILES string of the molecule is [C-]#[N+]c1ccc(-c2ccc(C(=O)CN)cc2)c(Nc2cc(N3CCOCC3)nc(C)n2)c1. The molecule has 0 unspecified atom stereocenters. The summed E-state index contributed by atoms with van der Waals surface area (Å²) in [5.74, 6) is 2.04. The first kappa shape index (κ1) is 21.4. The highest BCUT2D eigenvalue weighted by Gasteiger charge is 2.15. The van der Waals surface area contributed by atoms with E-state index in [0.717, 1.165) is 35.7 Å². The van der Waals surface area contributed by atoms with E-state index in [-0.39, 0.29) is 12.3 Å². The van der Waals surface area contributed by atoms with Crippen molar-refractivity contribution < 1.29 is 9.53 Å². The number of nitrogens with two attached hydrogens (primary N) is 1. The van der Waals surface area contributed by atoms with Gasteiger partial charge < -0.3 is 20.7 Å². The van der Waals surface area contributed by atoms with Crippen molar-refractivity contribution in [3.63, 3.8) is 0 Å². The van der Waals surface area contributed by atoms with Crippen molar-refractivity contribution in [2.24, 2.45) is 5.73 Å². The first-order valence-electron chi connectivity index (χ1n) is 10.4. The summed E-state index contributed by atoms with van der Waals surface area (Å²) in [5, 5.41) is 3.38. The molecule has 1 aromatic heterocycles. The van der Waals surface area contributed by atoms with Gasteiger partial charge in [0.15, 0.2) is 11.5 Å². The van der Waals surface area contributed by atoms with Crippen molar-refractivity contribution in [3.8, 4) is 11.1 Å². The molecule has 0 spiro atoms. The maximum absolute atomic E-state index is 11.9. The van der Waals surface area contributed by atoms with Gasteiger partial charge in [0.1, 0.15) is 17.5 Å². The maximum atomic E-state index is 11.9. The molecule has 2 aromatic carbocycles. The van der Waals surface area contributed by atoms with Crippen LogP contribution >= 0.6 is 0 Å². The second kappa shape index (κ2) is 9.56. The monoisotopic (exact) mass is 428 g/mol. The van der Waals surface area contributed by atoms with Crippen molar-refractivity contribution in [1.82, 2.24) is 9.97 Å². The smallest absolute Gasteiger partial charge is 0.189 e. The lowest BCUT2D eigenvalue weighted by Gasteiger charge is -2.28. The molecular weight excluding hydrogens is 404 g/mol. The fourth-order valence-corrected chi connectivity index (χ4v) is 3.62. The van der Waals surface area contributed by atoms with E-state index in [4.69, 9.17) is 17.0 Å². The van der Waals surface area contributed by atoms with Crippen LogP contribution in [0.3, 0.4) is 0 Å². The summed E-state index contributed by atoms with van der Waals surface area (Å²) in [4.78, 5) is 26.7. The third kappa shape index (κ3) is 4.75. The number of anilines is 3. The van der Waals surface area contributed by atoms with Gasteiger partial charge in [-0.15, -0.1) is 0 Å². The molecule has 3 aromatic rings. The number of nitrogens with one attached hydrogen (secondary N) is 1. The number of ketones is 1. The highest BCUT2D eigenvalue weighted by Crippen LogP contribution is 2.34. The van der Waals surface area contributed by atoms with E-state index in [0.29, 0.717) is 36.1 Å². The highest BCUT2D eigenvalue weighted by atomic mass is 16.5. The number of Topliss-reactive ketones (excluding diaryl/α,β-unsaturated/α-hetero) is 1. The summed E-state index contributed by atoms with van der Waals surface area (Å²) < 4.78 is 5.44. The van der Waals surface area contributed by atoms with E-state index < -0.39 is 0 Å².